The maximum absolute atomic E-state index is 12.1. The lowest BCUT2D eigenvalue weighted by molar-refractivity contribution is -0.151. The van der Waals surface area contributed by atoms with Crippen LogP contribution in [-0.2, 0) is 9.59 Å². The highest BCUT2D eigenvalue weighted by Gasteiger charge is 2.43. The molecular formula is C15H26N2O3. The first-order valence-corrected chi connectivity index (χ1v) is 7.03. The number of rotatable bonds is 6. The van der Waals surface area contributed by atoms with Crippen LogP contribution >= 0.6 is 0 Å². The Labute approximate surface area is 121 Å². The van der Waals surface area contributed by atoms with Gasteiger partial charge in [0.15, 0.2) is 0 Å². The zero-order valence-corrected chi connectivity index (χ0v) is 13.1. The van der Waals surface area contributed by atoms with E-state index in [0.29, 0.717) is 0 Å². The predicted octanol–water partition coefficient (Wildman–Crippen LogP) is 1.99. The zero-order valence-electron chi connectivity index (χ0n) is 13.1. The predicted molar refractivity (Wildman–Crippen MR) is 78.2 cm³/mol. The monoisotopic (exact) mass is 282 g/mol. The molecule has 0 unspecified atom stereocenters. The number of amides is 1. The van der Waals surface area contributed by atoms with E-state index in [1.807, 2.05) is 13.8 Å². The number of carbonyl (C=O) groups excluding carboxylic acids is 1. The van der Waals surface area contributed by atoms with Crippen molar-refractivity contribution in [2.45, 2.75) is 52.5 Å². The van der Waals surface area contributed by atoms with Crippen LogP contribution in [0.4, 0.5) is 0 Å². The fourth-order valence-corrected chi connectivity index (χ4v) is 2.02. The number of hydrogen-bond donors (Lipinski definition) is 2. The van der Waals surface area contributed by atoms with Gasteiger partial charge in [0.2, 0.25) is 5.91 Å². The van der Waals surface area contributed by atoms with Gasteiger partial charge in [-0.2, -0.15) is 0 Å². The fraction of sp³-hybridized carbons (Fsp3) is 0.733. The summed E-state index contributed by atoms with van der Waals surface area (Å²) in [5.74, 6) is -0.915. The van der Waals surface area contributed by atoms with Crippen LogP contribution in [0.5, 0.6) is 0 Å². The van der Waals surface area contributed by atoms with Crippen LogP contribution in [0.2, 0.25) is 0 Å². The molecule has 0 fully saturated rings. The molecule has 0 spiro atoms. The molecule has 0 aliphatic heterocycles. The van der Waals surface area contributed by atoms with Gasteiger partial charge in [0.1, 0.15) is 0 Å². The summed E-state index contributed by atoms with van der Waals surface area (Å²) in [4.78, 5) is 25.1. The number of carboxylic acids is 1. The molecule has 1 aliphatic rings. The van der Waals surface area contributed by atoms with Gasteiger partial charge in [-0.1, -0.05) is 6.08 Å². The number of carboxylic acid groups (broad SMARTS) is 1. The maximum Gasteiger partial charge on any atom is 0.310 e. The lowest BCUT2D eigenvalue weighted by atomic mass is 9.74. The standard InChI is InChI=1S/C15H26N2O3/c1-14(2,13(19)20)15(3,4)16-10-12(18)17(5)11-8-6-7-9-11/h8,16H,6-7,9-10H2,1-5H3,(H,19,20). The molecule has 0 aromatic heterocycles. The van der Waals surface area contributed by atoms with Gasteiger partial charge in [-0.3, -0.25) is 9.59 Å². The maximum atomic E-state index is 12.1. The van der Waals surface area contributed by atoms with Gasteiger partial charge in [-0.05, 0) is 47.0 Å². The molecule has 0 heterocycles. The Bertz CT molecular complexity index is 425. The second kappa shape index (κ2) is 5.95. The van der Waals surface area contributed by atoms with Gasteiger partial charge in [-0.25, -0.2) is 0 Å². The number of nitrogens with zero attached hydrogens (tertiary/aromatic N) is 1. The third-order valence-electron chi connectivity index (χ3n) is 4.60. The number of hydrogen-bond acceptors (Lipinski definition) is 3. The van der Waals surface area contributed by atoms with E-state index >= 15 is 0 Å². The summed E-state index contributed by atoms with van der Waals surface area (Å²) in [5.41, 5.74) is -0.579. The van der Waals surface area contributed by atoms with Crippen molar-refractivity contribution in [1.29, 1.82) is 0 Å². The third-order valence-corrected chi connectivity index (χ3v) is 4.60. The third kappa shape index (κ3) is 3.39. The largest absolute Gasteiger partial charge is 0.481 e. The normalized spacial score (nSPS) is 15.9. The highest BCUT2D eigenvalue weighted by molar-refractivity contribution is 5.80. The molecule has 0 saturated carbocycles. The van der Waals surface area contributed by atoms with Crippen LogP contribution in [0, 0.1) is 5.41 Å². The second-order valence-electron chi connectivity index (χ2n) is 6.45. The molecule has 20 heavy (non-hydrogen) atoms. The molecule has 0 aromatic carbocycles. The van der Waals surface area contributed by atoms with Gasteiger partial charge < -0.3 is 15.3 Å². The minimum absolute atomic E-state index is 0.0348. The number of aliphatic carboxylic acids is 1. The first-order valence-electron chi connectivity index (χ1n) is 7.03. The van der Waals surface area contributed by atoms with Crippen molar-refractivity contribution in [1.82, 2.24) is 10.2 Å². The molecule has 1 aliphatic carbocycles. The highest BCUT2D eigenvalue weighted by Crippen LogP contribution is 2.30. The molecule has 0 saturated heterocycles. The Hall–Kier alpha value is -1.36. The van der Waals surface area contributed by atoms with E-state index in [1.54, 1.807) is 25.8 Å². The zero-order chi connectivity index (χ0) is 15.6. The SMILES string of the molecule is CN(C(=O)CNC(C)(C)C(C)(C)C(=O)O)C1=CCCC1. The van der Waals surface area contributed by atoms with Crippen LogP contribution in [0.25, 0.3) is 0 Å². The Kier molecular flexibility index (Phi) is 4.97. The van der Waals surface area contributed by atoms with E-state index in [1.165, 1.54) is 0 Å². The van der Waals surface area contributed by atoms with Crippen LogP contribution in [0.15, 0.2) is 11.8 Å². The Morgan fingerprint density at radius 3 is 2.40 bits per heavy atom. The van der Waals surface area contributed by atoms with Crippen molar-refractivity contribution in [2.75, 3.05) is 13.6 Å². The average molecular weight is 282 g/mol. The van der Waals surface area contributed by atoms with Crippen molar-refractivity contribution < 1.29 is 14.7 Å². The lowest BCUT2D eigenvalue weighted by Gasteiger charge is -2.39. The van der Waals surface area contributed by atoms with E-state index in [4.69, 9.17) is 0 Å². The van der Waals surface area contributed by atoms with E-state index < -0.39 is 16.9 Å². The average Bonchev–Trinajstić information content (AvgIpc) is 2.88. The molecule has 1 rings (SSSR count). The summed E-state index contributed by atoms with van der Waals surface area (Å²) in [6.45, 7) is 7.08. The summed E-state index contributed by atoms with van der Waals surface area (Å²) in [7, 11) is 1.77. The van der Waals surface area contributed by atoms with Crippen molar-refractivity contribution in [3.05, 3.63) is 11.8 Å². The minimum atomic E-state index is -0.960. The van der Waals surface area contributed by atoms with Crippen molar-refractivity contribution in [2.24, 2.45) is 5.41 Å². The molecule has 2 N–H and O–H groups in total. The summed E-state index contributed by atoms with van der Waals surface area (Å²) < 4.78 is 0. The molecule has 0 atom stereocenters. The number of carbonyl (C=O) groups is 2. The quantitative estimate of drug-likeness (QED) is 0.781. The summed E-state index contributed by atoms with van der Waals surface area (Å²) in [6, 6.07) is 0. The molecule has 0 bridgehead atoms. The molecule has 1 amide bonds. The Morgan fingerprint density at radius 1 is 1.35 bits per heavy atom. The second-order valence-corrected chi connectivity index (χ2v) is 6.45. The van der Waals surface area contributed by atoms with Gasteiger partial charge in [0.05, 0.1) is 12.0 Å². The van der Waals surface area contributed by atoms with Gasteiger partial charge in [-0.15, -0.1) is 0 Å². The van der Waals surface area contributed by atoms with Gasteiger partial charge in [0, 0.05) is 18.3 Å². The first kappa shape index (κ1) is 16.7. The first-order chi connectivity index (χ1) is 9.09. The minimum Gasteiger partial charge on any atom is -0.481 e. The molecule has 0 radical (unpaired) electrons. The smallest absolute Gasteiger partial charge is 0.310 e. The molecule has 5 nitrogen and oxygen atoms in total. The molecular weight excluding hydrogens is 256 g/mol. The van der Waals surface area contributed by atoms with Crippen LogP contribution in [-0.4, -0.2) is 41.0 Å². The number of nitrogens with one attached hydrogen (secondary N) is 1. The Balaban J connectivity index is 2.62. The summed E-state index contributed by atoms with van der Waals surface area (Å²) in [5, 5.41) is 12.4. The summed E-state index contributed by atoms with van der Waals surface area (Å²) >= 11 is 0. The number of allylic oxidation sites excluding steroid dienone is 2. The van der Waals surface area contributed by atoms with Gasteiger partial charge in [0.25, 0.3) is 0 Å². The van der Waals surface area contributed by atoms with Crippen LogP contribution < -0.4 is 5.32 Å². The van der Waals surface area contributed by atoms with Crippen molar-refractivity contribution >= 4 is 11.9 Å². The molecule has 114 valence electrons. The van der Waals surface area contributed by atoms with Crippen molar-refractivity contribution in [3.8, 4) is 0 Å². The van der Waals surface area contributed by atoms with Crippen molar-refractivity contribution in [3.63, 3.8) is 0 Å². The highest BCUT2D eigenvalue weighted by atomic mass is 16.4. The van der Waals surface area contributed by atoms with Gasteiger partial charge >= 0.3 is 5.97 Å². The fourth-order valence-electron chi connectivity index (χ4n) is 2.02. The molecule has 5 heteroatoms. The van der Waals surface area contributed by atoms with E-state index in [2.05, 4.69) is 11.4 Å². The van der Waals surface area contributed by atoms with Crippen LogP contribution in [0.1, 0.15) is 47.0 Å². The summed E-state index contributed by atoms with van der Waals surface area (Å²) in [6.07, 6.45) is 5.15. The number of likely N-dealkylation sites (N-methyl/N-ethyl adjacent to an activating group) is 1. The van der Waals surface area contributed by atoms with Crippen LogP contribution in [0.3, 0.4) is 0 Å². The van der Waals surface area contributed by atoms with E-state index in [9.17, 15) is 14.7 Å². The Morgan fingerprint density at radius 2 is 1.95 bits per heavy atom. The topological polar surface area (TPSA) is 69.6 Å². The molecule has 0 aromatic rings. The van der Waals surface area contributed by atoms with E-state index in [-0.39, 0.29) is 12.5 Å². The van der Waals surface area contributed by atoms with E-state index in [0.717, 1.165) is 25.0 Å². The lowest BCUT2D eigenvalue weighted by Crippen LogP contribution is -2.57.